The zero-order chi connectivity index (χ0) is 21.4. The molecule has 0 bridgehead atoms. The van der Waals surface area contributed by atoms with Gasteiger partial charge in [-0.25, -0.2) is 0 Å². The smallest absolute Gasteiger partial charge is 0.228 e. The second kappa shape index (κ2) is 8.23. The highest BCUT2D eigenvalue weighted by molar-refractivity contribution is 5.86. The molecule has 2 fully saturated rings. The van der Waals surface area contributed by atoms with Gasteiger partial charge < -0.3 is 24.0 Å². The first-order valence-electron chi connectivity index (χ1n) is 10.7. The highest BCUT2D eigenvalue weighted by Crippen LogP contribution is 2.39. The molecule has 31 heavy (non-hydrogen) atoms. The molecule has 4 atom stereocenters. The van der Waals surface area contributed by atoms with Gasteiger partial charge in [0, 0.05) is 18.5 Å². The van der Waals surface area contributed by atoms with Gasteiger partial charge in [0.1, 0.15) is 11.8 Å². The molecule has 3 aromatic rings. The third kappa shape index (κ3) is 3.85. The van der Waals surface area contributed by atoms with Crippen molar-refractivity contribution >= 4 is 16.9 Å². The lowest BCUT2D eigenvalue weighted by Crippen LogP contribution is -2.42. The Morgan fingerprint density at radius 1 is 1.10 bits per heavy atom. The first-order chi connectivity index (χ1) is 15.1. The molecule has 2 heterocycles. The predicted molar refractivity (Wildman–Crippen MR) is 114 cm³/mol. The van der Waals surface area contributed by atoms with Crippen LogP contribution < -0.4 is 9.47 Å². The number of benzene rings is 2. The van der Waals surface area contributed by atoms with Crippen LogP contribution in [0.4, 0.5) is 0 Å². The summed E-state index contributed by atoms with van der Waals surface area (Å²) in [6.07, 6.45) is 0.676. The molecule has 1 aromatic heterocycles. The minimum absolute atomic E-state index is 0.0464. The summed E-state index contributed by atoms with van der Waals surface area (Å²) in [5.41, 5.74) is 1.37. The van der Waals surface area contributed by atoms with Crippen molar-refractivity contribution in [2.75, 3.05) is 20.2 Å². The number of likely N-dealkylation sites (tertiary alicyclic amines) is 1. The molecule has 0 unspecified atom stereocenters. The predicted octanol–water partition coefficient (Wildman–Crippen LogP) is 3.06. The number of carbonyl (C=O) groups excluding carboxylic acids is 1. The molecule has 7 nitrogen and oxygen atoms in total. The van der Waals surface area contributed by atoms with Crippen LogP contribution in [0.15, 0.2) is 53.1 Å². The van der Waals surface area contributed by atoms with Gasteiger partial charge >= 0.3 is 0 Å². The van der Waals surface area contributed by atoms with E-state index in [0.717, 1.165) is 5.39 Å². The van der Waals surface area contributed by atoms with E-state index in [0.29, 0.717) is 54.6 Å². The zero-order valence-electron chi connectivity index (χ0n) is 17.4. The van der Waals surface area contributed by atoms with E-state index in [9.17, 15) is 9.90 Å². The number of nitrogens with zero attached hydrogens (tertiary/aromatic N) is 2. The number of hydrogen-bond acceptors (Lipinski definition) is 6. The van der Waals surface area contributed by atoms with Crippen LogP contribution in [0.1, 0.15) is 18.5 Å². The molecule has 1 N–H and O–H groups in total. The summed E-state index contributed by atoms with van der Waals surface area (Å²) in [7, 11) is 1.61. The van der Waals surface area contributed by atoms with E-state index in [-0.39, 0.29) is 24.3 Å². The number of fused-ring (bicyclic) bond motifs is 2. The van der Waals surface area contributed by atoms with Gasteiger partial charge in [-0.1, -0.05) is 29.4 Å². The van der Waals surface area contributed by atoms with Crippen molar-refractivity contribution in [1.82, 2.24) is 10.1 Å². The maximum atomic E-state index is 13.0. The van der Waals surface area contributed by atoms with E-state index >= 15 is 0 Å². The van der Waals surface area contributed by atoms with Gasteiger partial charge in [0.15, 0.2) is 17.1 Å². The summed E-state index contributed by atoms with van der Waals surface area (Å²) in [6.45, 7) is 1.34. The molecule has 0 spiro atoms. The lowest BCUT2D eigenvalue weighted by atomic mass is 9.78. The fourth-order valence-electron chi connectivity index (χ4n) is 4.92. The minimum atomic E-state index is -0.569. The van der Waals surface area contributed by atoms with Crippen molar-refractivity contribution < 1.29 is 23.9 Å². The molecule has 1 saturated heterocycles. The maximum absolute atomic E-state index is 13.0. The molecule has 162 valence electrons. The first-order valence-corrected chi connectivity index (χ1v) is 10.7. The number of aromatic nitrogens is 1. The molecule has 1 saturated carbocycles. The number of carbonyl (C=O) groups is 1. The Labute approximate surface area is 180 Å². The van der Waals surface area contributed by atoms with E-state index < -0.39 is 6.10 Å². The monoisotopic (exact) mass is 422 g/mol. The normalized spacial score (nSPS) is 25.4. The number of rotatable bonds is 5. The van der Waals surface area contributed by atoms with Gasteiger partial charge in [-0.3, -0.25) is 4.79 Å². The molecule has 5 rings (SSSR count). The second-order valence-electron chi connectivity index (χ2n) is 8.47. The van der Waals surface area contributed by atoms with Crippen LogP contribution in [0, 0.1) is 11.8 Å². The maximum Gasteiger partial charge on any atom is 0.228 e. The van der Waals surface area contributed by atoms with Crippen LogP contribution in [-0.4, -0.2) is 53.5 Å². The molecule has 1 aliphatic heterocycles. The Morgan fingerprint density at radius 3 is 2.61 bits per heavy atom. The standard InChI is InChI=1S/C24H26N2O5/c1-29-21-8-4-5-9-22(21)30-23-11-16-14-26(13-15(16)10-19(23)27)24(28)12-18-17-6-2-3-7-20(17)31-25-18/h2-9,15-16,19,23,27H,10-14H2,1H3/t15-,16+,19+,23+/m0/s1. The average molecular weight is 422 g/mol. The van der Waals surface area contributed by atoms with E-state index in [1.807, 2.05) is 53.4 Å². The molecular weight excluding hydrogens is 396 g/mol. The minimum Gasteiger partial charge on any atom is -0.493 e. The van der Waals surface area contributed by atoms with Crippen LogP contribution in [0.5, 0.6) is 11.5 Å². The molecule has 2 aromatic carbocycles. The van der Waals surface area contributed by atoms with E-state index in [1.165, 1.54) is 0 Å². The van der Waals surface area contributed by atoms with Crippen molar-refractivity contribution in [2.45, 2.75) is 31.5 Å². The zero-order valence-corrected chi connectivity index (χ0v) is 17.4. The summed E-state index contributed by atoms with van der Waals surface area (Å²) in [4.78, 5) is 14.9. The van der Waals surface area contributed by atoms with E-state index in [1.54, 1.807) is 7.11 Å². The molecule has 1 amide bonds. The number of para-hydroxylation sites is 3. The molecule has 0 radical (unpaired) electrons. The highest BCUT2D eigenvalue weighted by atomic mass is 16.5. The van der Waals surface area contributed by atoms with Crippen LogP contribution in [0.2, 0.25) is 0 Å². The lowest BCUT2D eigenvalue weighted by molar-refractivity contribution is -0.129. The topological polar surface area (TPSA) is 85.0 Å². The van der Waals surface area contributed by atoms with Gasteiger partial charge in [-0.05, 0) is 48.9 Å². The third-order valence-electron chi connectivity index (χ3n) is 6.56. The third-order valence-corrected chi connectivity index (χ3v) is 6.56. The molecule has 1 aliphatic carbocycles. The Hall–Kier alpha value is -3.06. The fraction of sp³-hybridized carbons (Fsp3) is 0.417. The average Bonchev–Trinajstić information content (AvgIpc) is 3.38. The van der Waals surface area contributed by atoms with Crippen molar-refractivity contribution in [1.29, 1.82) is 0 Å². The number of aliphatic hydroxyl groups excluding tert-OH is 1. The Balaban J connectivity index is 1.24. The molecule has 2 aliphatic rings. The van der Waals surface area contributed by atoms with Gasteiger partial charge in [0.2, 0.25) is 5.91 Å². The molecular formula is C24H26N2O5. The first kappa shape index (κ1) is 19.9. The van der Waals surface area contributed by atoms with Gasteiger partial charge in [0.05, 0.1) is 19.6 Å². The fourth-order valence-corrected chi connectivity index (χ4v) is 4.92. The lowest BCUT2D eigenvalue weighted by Gasteiger charge is -2.35. The second-order valence-corrected chi connectivity index (χ2v) is 8.47. The van der Waals surface area contributed by atoms with Gasteiger partial charge in [-0.2, -0.15) is 0 Å². The summed E-state index contributed by atoms with van der Waals surface area (Å²) in [5.74, 6) is 1.92. The van der Waals surface area contributed by atoms with E-state index in [4.69, 9.17) is 14.0 Å². The van der Waals surface area contributed by atoms with Crippen molar-refractivity contribution in [3.05, 3.63) is 54.2 Å². The van der Waals surface area contributed by atoms with Crippen molar-refractivity contribution in [3.63, 3.8) is 0 Å². The summed E-state index contributed by atoms with van der Waals surface area (Å²) in [6, 6.07) is 15.1. The van der Waals surface area contributed by atoms with Crippen molar-refractivity contribution in [2.24, 2.45) is 11.8 Å². The van der Waals surface area contributed by atoms with Gasteiger partial charge in [-0.15, -0.1) is 0 Å². The number of amides is 1. The molecule has 7 heteroatoms. The van der Waals surface area contributed by atoms with Crippen molar-refractivity contribution in [3.8, 4) is 11.5 Å². The summed E-state index contributed by atoms with van der Waals surface area (Å²) >= 11 is 0. The van der Waals surface area contributed by atoms with E-state index in [2.05, 4.69) is 5.16 Å². The van der Waals surface area contributed by atoms with Crippen LogP contribution in [-0.2, 0) is 11.2 Å². The number of methoxy groups -OCH3 is 1. The largest absolute Gasteiger partial charge is 0.493 e. The van der Waals surface area contributed by atoms with Crippen LogP contribution >= 0.6 is 0 Å². The quantitative estimate of drug-likeness (QED) is 0.680. The Morgan fingerprint density at radius 2 is 1.81 bits per heavy atom. The Bertz CT molecular complexity index is 1080. The SMILES string of the molecule is COc1ccccc1O[C@@H]1C[C@@H]2CN(C(=O)Cc3noc4ccccc34)C[C@@H]2C[C@H]1O. The summed E-state index contributed by atoms with van der Waals surface area (Å²) in [5, 5.41) is 15.7. The number of hydrogen-bond donors (Lipinski definition) is 1. The van der Waals surface area contributed by atoms with Crippen LogP contribution in [0.25, 0.3) is 11.0 Å². The highest BCUT2D eigenvalue weighted by Gasteiger charge is 2.44. The van der Waals surface area contributed by atoms with Crippen LogP contribution in [0.3, 0.4) is 0 Å². The number of aliphatic hydroxyl groups is 1. The Kier molecular flexibility index (Phi) is 5.28. The summed E-state index contributed by atoms with van der Waals surface area (Å²) < 4.78 is 16.8. The number of ether oxygens (including phenoxy) is 2. The van der Waals surface area contributed by atoms with Gasteiger partial charge in [0.25, 0.3) is 0 Å².